The third kappa shape index (κ3) is 1.64. The summed E-state index contributed by atoms with van der Waals surface area (Å²) in [6.07, 6.45) is 0. The molecule has 1 aromatic heterocycles. The van der Waals surface area contributed by atoms with E-state index in [-0.39, 0.29) is 0 Å². The number of hydrogen-bond acceptors (Lipinski definition) is 3. The van der Waals surface area contributed by atoms with Crippen LogP contribution in [-0.4, -0.2) is 4.98 Å². The van der Waals surface area contributed by atoms with Crippen molar-refractivity contribution in [3.63, 3.8) is 0 Å². The van der Waals surface area contributed by atoms with Gasteiger partial charge in [0.2, 0.25) is 5.89 Å². The molecule has 3 heteroatoms. The zero-order valence-corrected chi connectivity index (χ0v) is 10.4. The SMILES string of the molecule is Cc1ccc(C)c2oc(-c3ccc(N)cc3)nc12. The van der Waals surface area contributed by atoms with E-state index in [1.165, 1.54) is 0 Å². The molecule has 0 fully saturated rings. The van der Waals surface area contributed by atoms with Crippen molar-refractivity contribution in [2.75, 3.05) is 5.73 Å². The predicted octanol–water partition coefficient (Wildman–Crippen LogP) is 3.69. The molecule has 0 bridgehead atoms. The van der Waals surface area contributed by atoms with Gasteiger partial charge < -0.3 is 10.2 Å². The first kappa shape index (κ1) is 10.8. The Morgan fingerprint density at radius 3 is 2.28 bits per heavy atom. The monoisotopic (exact) mass is 238 g/mol. The topological polar surface area (TPSA) is 52.0 Å². The van der Waals surface area contributed by atoms with Crippen LogP contribution in [0.3, 0.4) is 0 Å². The minimum atomic E-state index is 0.641. The Bertz CT molecular complexity index is 672. The first-order valence-electron chi connectivity index (χ1n) is 5.88. The molecule has 0 spiro atoms. The highest BCUT2D eigenvalue weighted by Crippen LogP contribution is 2.28. The van der Waals surface area contributed by atoms with E-state index in [1.807, 2.05) is 38.1 Å². The third-order valence-electron chi connectivity index (χ3n) is 3.10. The fourth-order valence-corrected chi connectivity index (χ4v) is 2.01. The minimum Gasteiger partial charge on any atom is -0.436 e. The number of nitrogen functional groups attached to an aromatic ring is 1. The standard InChI is InChI=1S/C15H14N2O/c1-9-3-4-10(2)14-13(9)17-15(18-14)11-5-7-12(16)8-6-11/h3-8H,16H2,1-2H3. The lowest BCUT2D eigenvalue weighted by Gasteiger charge is -1.95. The number of oxazole rings is 1. The van der Waals surface area contributed by atoms with Crippen molar-refractivity contribution in [3.05, 3.63) is 47.5 Å². The molecule has 0 atom stereocenters. The Labute approximate surface area is 105 Å². The van der Waals surface area contributed by atoms with Crippen molar-refractivity contribution in [2.24, 2.45) is 0 Å². The second kappa shape index (κ2) is 3.88. The molecule has 0 amide bonds. The van der Waals surface area contributed by atoms with E-state index in [0.29, 0.717) is 5.89 Å². The van der Waals surface area contributed by atoms with Gasteiger partial charge in [0, 0.05) is 11.3 Å². The van der Waals surface area contributed by atoms with Gasteiger partial charge in [0.25, 0.3) is 0 Å². The number of aromatic nitrogens is 1. The Morgan fingerprint density at radius 2 is 1.61 bits per heavy atom. The molecule has 2 N–H and O–H groups in total. The summed E-state index contributed by atoms with van der Waals surface area (Å²) in [6, 6.07) is 11.7. The second-order valence-corrected chi connectivity index (χ2v) is 4.52. The summed E-state index contributed by atoms with van der Waals surface area (Å²) >= 11 is 0. The van der Waals surface area contributed by atoms with Crippen LogP contribution in [0.5, 0.6) is 0 Å². The maximum Gasteiger partial charge on any atom is 0.227 e. The number of nitrogens with zero attached hydrogens (tertiary/aromatic N) is 1. The number of rotatable bonds is 1. The highest BCUT2D eigenvalue weighted by Gasteiger charge is 2.11. The first-order valence-corrected chi connectivity index (χ1v) is 5.88. The number of nitrogens with two attached hydrogens (primary N) is 1. The van der Waals surface area contributed by atoms with E-state index in [0.717, 1.165) is 33.5 Å². The molecular formula is C15H14N2O. The van der Waals surface area contributed by atoms with Gasteiger partial charge in [0.1, 0.15) is 5.52 Å². The lowest BCUT2D eigenvalue weighted by molar-refractivity contribution is 0.617. The Hall–Kier alpha value is -2.29. The van der Waals surface area contributed by atoms with Crippen LogP contribution in [0.25, 0.3) is 22.6 Å². The molecule has 18 heavy (non-hydrogen) atoms. The molecule has 3 rings (SSSR count). The van der Waals surface area contributed by atoms with Gasteiger partial charge in [-0.1, -0.05) is 12.1 Å². The molecule has 3 aromatic rings. The number of benzene rings is 2. The van der Waals surface area contributed by atoms with Gasteiger partial charge in [-0.2, -0.15) is 0 Å². The number of aryl methyl sites for hydroxylation is 2. The molecular weight excluding hydrogens is 224 g/mol. The van der Waals surface area contributed by atoms with Crippen molar-refractivity contribution < 1.29 is 4.42 Å². The normalized spacial score (nSPS) is 11.0. The van der Waals surface area contributed by atoms with Crippen LogP contribution in [0, 0.1) is 13.8 Å². The average molecular weight is 238 g/mol. The molecule has 1 heterocycles. The van der Waals surface area contributed by atoms with Crippen LogP contribution >= 0.6 is 0 Å². The summed E-state index contributed by atoms with van der Waals surface area (Å²) in [5, 5.41) is 0. The zero-order valence-electron chi connectivity index (χ0n) is 10.4. The highest BCUT2D eigenvalue weighted by molar-refractivity contribution is 5.82. The van der Waals surface area contributed by atoms with Gasteiger partial charge in [-0.05, 0) is 49.2 Å². The lowest BCUT2D eigenvalue weighted by Crippen LogP contribution is -1.83. The van der Waals surface area contributed by atoms with Crippen LogP contribution in [-0.2, 0) is 0 Å². The van der Waals surface area contributed by atoms with Crippen LogP contribution in [0.2, 0.25) is 0 Å². The van der Waals surface area contributed by atoms with Crippen molar-refractivity contribution in [1.82, 2.24) is 4.98 Å². The molecule has 3 nitrogen and oxygen atoms in total. The average Bonchev–Trinajstić information content (AvgIpc) is 2.81. The van der Waals surface area contributed by atoms with Crippen LogP contribution in [0.1, 0.15) is 11.1 Å². The smallest absolute Gasteiger partial charge is 0.227 e. The fourth-order valence-electron chi connectivity index (χ4n) is 2.01. The largest absolute Gasteiger partial charge is 0.436 e. The van der Waals surface area contributed by atoms with Crippen molar-refractivity contribution in [3.8, 4) is 11.5 Å². The molecule has 0 unspecified atom stereocenters. The number of anilines is 1. The van der Waals surface area contributed by atoms with E-state index >= 15 is 0 Å². The summed E-state index contributed by atoms with van der Waals surface area (Å²) in [5.74, 6) is 0.641. The Kier molecular flexibility index (Phi) is 2.33. The maximum absolute atomic E-state index is 5.85. The summed E-state index contributed by atoms with van der Waals surface area (Å²) in [7, 11) is 0. The van der Waals surface area contributed by atoms with E-state index < -0.39 is 0 Å². The van der Waals surface area contributed by atoms with Crippen molar-refractivity contribution >= 4 is 16.8 Å². The molecule has 0 saturated heterocycles. The molecule has 2 aromatic carbocycles. The summed E-state index contributed by atoms with van der Waals surface area (Å²) in [5.41, 5.74) is 11.4. The molecule has 90 valence electrons. The van der Waals surface area contributed by atoms with Crippen LogP contribution in [0.4, 0.5) is 5.69 Å². The molecule has 0 saturated carbocycles. The van der Waals surface area contributed by atoms with E-state index in [1.54, 1.807) is 0 Å². The summed E-state index contributed by atoms with van der Waals surface area (Å²) in [4.78, 5) is 4.57. The quantitative estimate of drug-likeness (QED) is 0.658. The Balaban J connectivity index is 2.22. The van der Waals surface area contributed by atoms with Gasteiger partial charge in [-0.25, -0.2) is 4.98 Å². The van der Waals surface area contributed by atoms with Crippen molar-refractivity contribution in [1.29, 1.82) is 0 Å². The van der Waals surface area contributed by atoms with Crippen LogP contribution < -0.4 is 5.73 Å². The Morgan fingerprint density at radius 1 is 0.944 bits per heavy atom. The van der Waals surface area contributed by atoms with E-state index in [4.69, 9.17) is 10.2 Å². The number of fused-ring (bicyclic) bond motifs is 1. The molecule has 0 aliphatic carbocycles. The van der Waals surface area contributed by atoms with E-state index in [2.05, 4.69) is 17.1 Å². The zero-order chi connectivity index (χ0) is 12.7. The van der Waals surface area contributed by atoms with Gasteiger partial charge >= 0.3 is 0 Å². The fraction of sp³-hybridized carbons (Fsp3) is 0.133. The lowest BCUT2D eigenvalue weighted by atomic mass is 10.1. The highest BCUT2D eigenvalue weighted by atomic mass is 16.3. The summed E-state index contributed by atoms with van der Waals surface area (Å²) in [6.45, 7) is 4.07. The maximum atomic E-state index is 5.85. The van der Waals surface area contributed by atoms with Gasteiger partial charge in [0.05, 0.1) is 0 Å². The minimum absolute atomic E-state index is 0.641. The van der Waals surface area contributed by atoms with Gasteiger partial charge in [-0.3, -0.25) is 0 Å². The van der Waals surface area contributed by atoms with Gasteiger partial charge in [0.15, 0.2) is 5.58 Å². The van der Waals surface area contributed by atoms with Crippen molar-refractivity contribution in [2.45, 2.75) is 13.8 Å². The first-order chi connectivity index (χ1) is 8.65. The van der Waals surface area contributed by atoms with E-state index in [9.17, 15) is 0 Å². The van der Waals surface area contributed by atoms with Gasteiger partial charge in [-0.15, -0.1) is 0 Å². The molecule has 0 aliphatic heterocycles. The van der Waals surface area contributed by atoms with Crippen LogP contribution in [0.15, 0.2) is 40.8 Å². The predicted molar refractivity (Wildman–Crippen MR) is 73.3 cm³/mol. The molecule has 0 aliphatic rings. The third-order valence-corrected chi connectivity index (χ3v) is 3.10. The second-order valence-electron chi connectivity index (χ2n) is 4.52. The summed E-state index contributed by atoms with van der Waals surface area (Å²) < 4.78 is 5.85. The number of hydrogen-bond donors (Lipinski definition) is 1. The molecule has 0 radical (unpaired) electrons.